The number of hydrogen-bond donors (Lipinski definition) is 1. The third-order valence-electron chi connectivity index (χ3n) is 4.14. The van der Waals surface area contributed by atoms with E-state index in [1.807, 2.05) is 0 Å². The molecule has 0 heterocycles. The molecule has 114 valence electrons. The van der Waals surface area contributed by atoms with E-state index in [0.29, 0.717) is 17.9 Å². The summed E-state index contributed by atoms with van der Waals surface area (Å²) in [6.45, 7) is 12.5. The molecule has 1 aromatic rings. The minimum Gasteiger partial charge on any atom is -0.316 e. The third kappa shape index (κ3) is 6.06. The van der Waals surface area contributed by atoms with Gasteiger partial charge in [-0.3, -0.25) is 0 Å². The lowest BCUT2D eigenvalue weighted by Gasteiger charge is -2.23. The molecular formula is C18H32N2. The highest BCUT2D eigenvalue weighted by atomic mass is 15.1. The highest BCUT2D eigenvalue weighted by Gasteiger charge is 2.14. The van der Waals surface area contributed by atoms with Gasteiger partial charge in [-0.05, 0) is 57.8 Å². The van der Waals surface area contributed by atoms with Crippen LogP contribution in [0.5, 0.6) is 0 Å². The topological polar surface area (TPSA) is 15.3 Å². The van der Waals surface area contributed by atoms with E-state index >= 15 is 0 Å². The van der Waals surface area contributed by atoms with Gasteiger partial charge in [0, 0.05) is 12.6 Å². The van der Waals surface area contributed by atoms with Crippen LogP contribution in [0, 0.1) is 5.92 Å². The third-order valence-corrected chi connectivity index (χ3v) is 4.14. The first-order valence-electron chi connectivity index (χ1n) is 7.98. The smallest absolute Gasteiger partial charge is 0.00355 e. The van der Waals surface area contributed by atoms with E-state index in [-0.39, 0.29) is 0 Å². The molecule has 2 heteroatoms. The molecule has 0 fully saturated rings. The zero-order chi connectivity index (χ0) is 15.0. The number of nitrogens with one attached hydrogen (secondary N) is 1. The van der Waals surface area contributed by atoms with Crippen LogP contribution in [-0.2, 0) is 0 Å². The fourth-order valence-electron chi connectivity index (χ4n) is 2.41. The summed E-state index contributed by atoms with van der Waals surface area (Å²) in [6, 6.07) is 11.5. The maximum absolute atomic E-state index is 3.63. The average Bonchev–Trinajstić information content (AvgIpc) is 2.42. The number of nitrogens with zero attached hydrogens (tertiary/aromatic N) is 1. The molecule has 0 radical (unpaired) electrons. The van der Waals surface area contributed by atoms with Gasteiger partial charge in [-0.2, -0.15) is 0 Å². The summed E-state index contributed by atoms with van der Waals surface area (Å²) in [6.07, 6.45) is 1.22. The maximum atomic E-state index is 3.63. The standard InChI is InChI=1S/C18H32N2/c1-15(2)18(17-10-7-6-8-11-17)14-19-12-9-13-20(5)16(3)4/h6-8,10-11,15-16,18-19H,9,12-14H2,1-5H3. The maximum Gasteiger partial charge on any atom is 0.00355 e. The fourth-order valence-corrected chi connectivity index (χ4v) is 2.41. The summed E-state index contributed by atoms with van der Waals surface area (Å²) in [5.74, 6) is 1.28. The van der Waals surface area contributed by atoms with Crippen LogP contribution in [-0.4, -0.2) is 37.6 Å². The van der Waals surface area contributed by atoms with Crippen molar-refractivity contribution in [1.29, 1.82) is 0 Å². The van der Waals surface area contributed by atoms with Crippen LogP contribution >= 0.6 is 0 Å². The Morgan fingerprint density at radius 1 is 1.05 bits per heavy atom. The van der Waals surface area contributed by atoms with Gasteiger partial charge in [-0.15, -0.1) is 0 Å². The Kier molecular flexibility index (Phi) is 7.86. The van der Waals surface area contributed by atoms with E-state index in [1.54, 1.807) is 0 Å². The van der Waals surface area contributed by atoms with Gasteiger partial charge in [0.25, 0.3) is 0 Å². The second kappa shape index (κ2) is 9.15. The number of benzene rings is 1. The lowest BCUT2D eigenvalue weighted by molar-refractivity contribution is 0.268. The molecule has 0 saturated heterocycles. The van der Waals surface area contributed by atoms with Gasteiger partial charge in [0.1, 0.15) is 0 Å². The van der Waals surface area contributed by atoms with E-state index in [4.69, 9.17) is 0 Å². The van der Waals surface area contributed by atoms with E-state index < -0.39 is 0 Å². The summed E-state index contributed by atoms with van der Waals surface area (Å²) < 4.78 is 0. The fraction of sp³-hybridized carbons (Fsp3) is 0.667. The van der Waals surface area contributed by atoms with Gasteiger partial charge in [0.2, 0.25) is 0 Å². The average molecular weight is 276 g/mol. The van der Waals surface area contributed by atoms with Crippen molar-refractivity contribution >= 4 is 0 Å². The molecule has 1 rings (SSSR count). The molecule has 0 bridgehead atoms. The summed E-state index contributed by atoms with van der Waals surface area (Å²) in [7, 11) is 2.20. The molecule has 0 amide bonds. The number of hydrogen-bond acceptors (Lipinski definition) is 2. The molecule has 0 saturated carbocycles. The highest BCUT2D eigenvalue weighted by Crippen LogP contribution is 2.23. The normalized spacial score (nSPS) is 13.4. The highest BCUT2D eigenvalue weighted by molar-refractivity contribution is 5.20. The molecular weight excluding hydrogens is 244 g/mol. The van der Waals surface area contributed by atoms with E-state index in [9.17, 15) is 0 Å². The van der Waals surface area contributed by atoms with Crippen LogP contribution in [0.4, 0.5) is 0 Å². The first kappa shape index (κ1) is 17.2. The Balaban J connectivity index is 2.31. The van der Waals surface area contributed by atoms with Gasteiger partial charge in [-0.25, -0.2) is 0 Å². The lowest BCUT2D eigenvalue weighted by Crippen LogP contribution is -2.31. The summed E-state index contributed by atoms with van der Waals surface area (Å²) in [5.41, 5.74) is 1.45. The van der Waals surface area contributed by atoms with Gasteiger partial charge < -0.3 is 10.2 Å². The van der Waals surface area contributed by atoms with Crippen LogP contribution < -0.4 is 5.32 Å². The van der Waals surface area contributed by atoms with Gasteiger partial charge >= 0.3 is 0 Å². The SMILES string of the molecule is CC(C)C(CNCCCN(C)C(C)C)c1ccccc1. The van der Waals surface area contributed by atoms with Crippen LogP contribution in [0.2, 0.25) is 0 Å². The van der Waals surface area contributed by atoms with Crippen molar-refractivity contribution in [3.63, 3.8) is 0 Å². The van der Waals surface area contributed by atoms with Crippen molar-refractivity contribution in [3.8, 4) is 0 Å². The molecule has 1 unspecified atom stereocenters. The Morgan fingerprint density at radius 3 is 2.25 bits per heavy atom. The monoisotopic (exact) mass is 276 g/mol. The molecule has 0 spiro atoms. The predicted octanol–water partition coefficient (Wildman–Crippen LogP) is 3.75. The second-order valence-corrected chi connectivity index (χ2v) is 6.39. The van der Waals surface area contributed by atoms with Crippen molar-refractivity contribution in [3.05, 3.63) is 35.9 Å². The molecule has 20 heavy (non-hydrogen) atoms. The van der Waals surface area contributed by atoms with Crippen molar-refractivity contribution in [2.75, 3.05) is 26.7 Å². The minimum absolute atomic E-state index is 0.610. The summed E-state index contributed by atoms with van der Waals surface area (Å²) in [4.78, 5) is 2.40. The molecule has 2 nitrogen and oxygen atoms in total. The summed E-state index contributed by atoms with van der Waals surface area (Å²) >= 11 is 0. The van der Waals surface area contributed by atoms with Gasteiger partial charge in [-0.1, -0.05) is 44.2 Å². The Morgan fingerprint density at radius 2 is 1.70 bits per heavy atom. The Labute approximate surface area is 125 Å². The minimum atomic E-state index is 0.610. The molecule has 1 N–H and O–H groups in total. The van der Waals surface area contributed by atoms with E-state index in [0.717, 1.165) is 13.1 Å². The molecule has 0 aromatic heterocycles. The van der Waals surface area contributed by atoms with Crippen LogP contribution in [0.1, 0.15) is 45.6 Å². The Bertz CT molecular complexity index is 346. The summed E-state index contributed by atoms with van der Waals surface area (Å²) in [5, 5.41) is 3.63. The second-order valence-electron chi connectivity index (χ2n) is 6.39. The van der Waals surface area contributed by atoms with E-state index in [1.165, 1.54) is 18.5 Å². The first-order chi connectivity index (χ1) is 9.52. The molecule has 0 aliphatic heterocycles. The Hall–Kier alpha value is -0.860. The zero-order valence-electron chi connectivity index (χ0n) is 13.9. The van der Waals surface area contributed by atoms with E-state index in [2.05, 4.69) is 75.3 Å². The lowest BCUT2D eigenvalue weighted by atomic mass is 9.88. The largest absolute Gasteiger partial charge is 0.316 e. The van der Waals surface area contributed by atoms with Crippen molar-refractivity contribution in [1.82, 2.24) is 10.2 Å². The van der Waals surface area contributed by atoms with Crippen LogP contribution in [0.15, 0.2) is 30.3 Å². The van der Waals surface area contributed by atoms with Gasteiger partial charge in [0.15, 0.2) is 0 Å². The van der Waals surface area contributed by atoms with Crippen LogP contribution in [0.3, 0.4) is 0 Å². The van der Waals surface area contributed by atoms with Gasteiger partial charge in [0.05, 0.1) is 0 Å². The molecule has 1 aromatic carbocycles. The zero-order valence-corrected chi connectivity index (χ0v) is 13.9. The van der Waals surface area contributed by atoms with Crippen molar-refractivity contribution in [2.45, 2.75) is 46.1 Å². The quantitative estimate of drug-likeness (QED) is 0.691. The molecule has 1 atom stereocenters. The van der Waals surface area contributed by atoms with Crippen molar-refractivity contribution in [2.24, 2.45) is 5.92 Å². The molecule has 0 aliphatic rings. The first-order valence-corrected chi connectivity index (χ1v) is 7.98. The van der Waals surface area contributed by atoms with Crippen molar-refractivity contribution < 1.29 is 0 Å². The molecule has 0 aliphatic carbocycles. The predicted molar refractivity (Wildman–Crippen MR) is 89.3 cm³/mol. The van der Waals surface area contributed by atoms with Crippen LogP contribution in [0.25, 0.3) is 0 Å². The number of rotatable bonds is 9.